The van der Waals surface area contributed by atoms with E-state index >= 15 is 0 Å². The zero-order valence-corrected chi connectivity index (χ0v) is 12.2. The van der Waals surface area contributed by atoms with E-state index in [0.29, 0.717) is 11.7 Å². The number of aromatic nitrogens is 1. The quantitative estimate of drug-likeness (QED) is 0.275. The lowest BCUT2D eigenvalue weighted by Crippen LogP contribution is -2.27. The Bertz CT molecular complexity index is 514. The van der Waals surface area contributed by atoms with Gasteiger partial charge in [-0.3, -0.25) is 0 Å². The molecule has 1 heterocycles. The molecule has 1 rings (SSSR count). The maximum atomic E-state index is 10.5. The summed E-state index contributed by atoms with van der Waals surface area (Å²) in [5.74, 6) is -0.00125. The van der Waals surface area contributed by atoms with Crippen molar-refractivity contribution in [2.75, 3.05) is 21.1 Å². The van der Waals surface area contributed by atoms with E-state index in [1.165, 1.54) is 6.34 Å². The molecule has 0 amide bonds. The summed E-state index contributed by atoms with van der Waals surface area (Å²) >= 11 is 5.70. The summed E-state index contributed by atoms with van der Waals surface area (Å²) in [7, 11) is 5.18. The van der Waals surface area contributed by atoms with Gasteiger partial charge in [0.1, 0.15) is 10.3 Å². The number of halogens is 1. The van der Waals surface area contributed by atoms with Gasteiger partial charge in [-0.1, -0.05) is 17.7 Å². The van der Waals surface area contributed by atoms with Gasteiger partial charge in [0.2, 0.25) is 0 Å². The Kier molecular flexibility index (Phi) is 5.85. The molecular formula is C11H15ClN6O2. The van der Waals surface area contributed by atoms with Crippen LogP contribution in [0.5, 0.6) is 0 Å². The number of guanidine groups is 1. The molecule has 0 unspecified atom stereocenters. The van der Waals surface area contributed by atoms with Crippen LogP contribution in [0.3, 0.4) is 0 Å². The molecule has 0 fully saturated rings. The molecule has 1 aromatic heterocycles. The van der Waals surface area contributed by atoms with Gasteiger partial charge in [0.15, 0.2) is 5.03 Å². The lowest BCUT2D eigenvalue weighted by Gasteiger charge is -2.16. The molecule has 9 heteroatoms. The van der Waals surface area contributed by atoms with E-state index in [0.717, 1.165) is 5.56 Å². The predicted octanol–water partition coefficient (Wildman–Crippen LogP) is 1.30. The van der Waals surface area contributed by atoms with Gasteiger partial charge < -0.3 is 9.80 Å². The molecule has 108 valence electrons. The summed E-state index contributed by atoms with van der Waals surface area (Å²) in [5, 5.41) is 13.4. The number of aliphatic imine (C=N–C) groups is 1. The van der Waals surface area contributed by atoms with Gasteiger partial charge in [-0.2, -0.15) is 4.99 Å². The van der Waals surface area contributed by atoms with Crippen LogP contribution in [0.4, 0.5) is 0 Å². The fraction of sp³-hybridized carbons (Fsp3) is 0.364. The zero-order valence-electron chi connectivity index (χ0n) is 11.4. The highest BCUT2D eigenvalue weighted by atomic mass is 35.5. The van der Waals surface area contributed by atoms with Crippen LogP contribution >= 0.6 is 11.6 Å². The third kappa shape index (κ3) is 5.61. The third-order valence-electron chi connectivity index (χ3n) is 2.13. The second-order valence-corrected chi connectivity index (χ2v) is 4.58. The maximum absolute atomic E-state index is 10.5. The monoisotopic (exact) mass is 298 g/mol. The highest BCUT2D eigenvalue weighted by Gasteiger charge is 2.11. The van der Waals surface area contributed by atoms with Crippen LogP contribution < -0.4 is 0 Å². The van der Waals surface area contributed by atoms with Crippen LogP contribution in [0.25, 0.3) is 0 Å². The molecule has 0 aliphatic rings. The lowest BCUT2D eigenvalue weighted by atomic mass is 10.3. The Morgan fingerprint density at radius 3 is 2.70 bits per heavy atom. The average molecular weight is 299 g/mol. The Hall–Kier alpha value is -2.22. The molecule has 20 heavy (non-hydrogen) atoms. The summed E-state index contributed by atoms with van der Waals surface area (Å²) in [5.41, 5.74) is 0.841. The number of hydrogen-bond donors (Lipinski definition) is 0. The minimum atomic E-state index is -0.779. The molecule has 0 aliphatic heterocycles. The zero-order chi connectivity index (χ0) is 15.1. The number of nitro groups is 1. The second-order valence-electron chi connectivity index (χ2n) is 4.19. The van der Waals surface area contributed by atoms with E-state index in [2.05, 4.69) is 15.1 Å². The standard InChI is InChI=1S/C11H15ClN6O2/c1-16(2)8-14-11(15-18(19)20)17(3)7-9-4-5-10(12)13-6-9/h4-6,8H,7H2,1-3H3. The van der Waals surface area contributed by atoms with Gasteiger partial charge in [0.05, 0.1) is 6.34 Å². The molecule has 0 N–H and O–H groups in total. The number of nitrogens with zero attached hydrogens (tertiary/aromatic N) is 6. The molecule has 1 aromatic rings. The molecule has 0 saturated carbocycles. The van der Waals surface area contributed by atoms with Crippen molar-refractivity contribution in [3.05, 3.63) is 39.2 Å². The lowest BCUT2D eigenvalue weighted by molar-refractivity contribution is -0.485. The topological polar surface area (TPSA) is 87.2 Å². The van der Waals surface area contributed by atoms with E-state index in [1.807, 2.05) is 0 Å². The van der Waals surface area contributed by atoms with Crippen molar-refractivity contribution in [2.24, 2.45) is 10.1 Å². The smallest absolute Gasteiger partial charge is 0.298 e. The van der Waals surface area contributed by atoms with Crippen LogP contribution in [0.2, 0.25) is 5.15 Å². The number of hydrazone groups is 1. The van der Waals surface area contributed by atoms with Crippen molar-refractivity contribution in [1.82, 2.24) is 14.8 Å². The number of pyridine rings is 1. The van der Waals surface area contributed by atoms with Gasteiger partial charge in [0.25, 0.3) is 5.96 Å². The Labute approximate surface area is 121 Å². The molecule has 0 bridgehead atoms. The summed E-state index contributed by atoms with van der Waals surface area (Å²) in [6, 6.07) is 3.43. The minimum absolute atomic E-state index is 0.00125. The van der Waals surface area contributed by atoms with Crippen LogP contribution in [0.1, 0.15) is 5.56 Å². The third-order valence-corrected chi connectivity index (χ3v) is 2.35. The SMILES string of the molecule is CN(C)C=NC(=N[N+](=O)[O-])N(C)Cc1ccc(Cl)nc1. The largest absolute Gasteiger partial charge is 0.369 e. The summed E-state index contributed by atoms with van der Waals surface area (Å²) < 4.78 is 0. The summed E-state index contributed by atoms with van der Waals surface area (Å²) in [6.45, 7) is 0.377. The van der Waals surface area contributed by atoms with E-state index in [4.69, 9.17) is 11.6 Å². The van der Waals surface area contributed by atoms with Crippen LogP contribution in [0.15, 0.2) is 28.4 Å². The van der Waals surface area contributed by atoms with Crippen LogP contribution in [-0.4, -0.2) is 53.3 Å². The molecule has 8 nitrogen and oxygen atoms in total. The van der Waals surface area contributed by atoms with Crippen molar-refractivity contribution < 1.29 is 5.03 Å². The molecular weight excluding hydrogens is 284 g/mol. The predicted molar refractivity (Wildman–Crippen MR) is 77.3 cm³/mol. The van der Waals surface area contributed by atoms with Crippen LogP contribution in [-0.2, 0) is 6.54 Å². The van der Waals surface area contributed by atoms with E-state index in [1.54, 1.807) is 49.3 Å². The molecule has 0 atom stereocenters. The van der Waals surface area contributed by atoms with Crippen molar-refractivity contribution in [3.8, 4) is 0 Å². The van der Waals surface area contributed by atoms with Gasteiger partial charge >= 0.3 is 0 Å². The van der Waals surface area contributed by atoms with Crippen LogP contribution in [0, 0.1) is 10.1 Å². The Morgan fingerprint density at radius 1 is 1.50 bits per heavy atom. The average Bonchev–Trinajstić information content (AvgIpc) is 2.36. The van der Waals surface area contributed by atoms with Crippen molar-refractivity contribution in [2.45, 2.75) is 6.54 Å². The van der Waals surface area contributed by atoms with Gasteiger partial charge in [-0.15, -0.1) is 0 Å². The fourth-order valence-corrected chi connectivity index (χ4v) is 1.40. The first kappa shape index (κ1) is 15.8. The van der Waals surface area contributed by atoms with E-state index in [-0.39, 0.29) is 5.96 Å². The molecule has 0 spiro atoms. The first-order valence-electron chi connectivity index (χ1n) is 5.63. The highest BCUT2D eigenvalue weighted by molar-refractivity contribution is 6.29. The Balaban J connectivity index is 2.85. The van der Waals surface area contributed by atoms with E-state index in [9.17, 15) is 10.1 Å². The van der Waals surface area contributed by atoms with Crippen molar-refractivity contribution >= 4 is 23.9 Å². The van der Waals surface area contributed by atoms with Gasteiger partial charge in [0, 0.05) is 33.9 Å². The van der Waals surface area contributed by atoms with Crippen molar-refractivity contribution in [3.63, 3.8) is 0 Å². The Morgan fingerprint density at radius 2 is 2.20 bits per heavy atom. The summed E-state index contributed by atoms with van der Waals surface area (Å²) in [4.78, 5) is 21.6. The number of hydrogen-bond acceptors (Lipinski definition) is 3. The molecule has 0 saturated heterocycles. The first-order chi connectivity index (χ1) is 9.38. The first-order valence-corrected chi connectivity index (χ1v) is 6.01. The highest BCUT2D eigenvalue weighted by Crippen LogP contribution is 2.08. The second kappa shape index (κ2) is 7.39. The fourth-order valence-electron chi connectivity index (χ4n) is 1.29. The molecule has 0 aliphatic carbocycles. The van der Waals surface area contributed by atoms with Crippen molar-refractivity contribution in [1.29, 1.82) is 0 Å². The number of rotatable bonds is 4. The van der Waals surface area contributed by atoms with Gasteiger partial charge in [-0.05, 0) is 11.6 Å². The maximum Gasteiger partial charge on any atom is 0.298 e. The normalized spacial score (nSPS) is 11.7. The molecule has 0 aromatic carbocycles. The summed E-state index contributed by atoms with van der Waals surface area (Å²) in [6.07, 6.45) is 3.04. The van der Waals surface area contributed by atoms with E-state index < -0.39 is 5.03 Å². The minimum Gasteiger partial charge on any atom is -0.369 e. The molecule has 0 radical (unpaired) electrons. The van der Waals surface area contributed by atoms with Gasteiger partial charge in [-0.25, -0.2) is 15.1 Å².